The van der Waals surface area contributed by atoms with Crippen molar-refractivity contribution in [2.45, 2.75) is 19.6 Å². The Morgan fingerprint density at radius 2 is 0.905 bits per heavy atom. The average Bonchev–Trinajstić information content (AvgIpc) is 2.38. The van der Waals surface area contributed by atoms with E-state index < -0.39 is 19.7 Å². The zero-order valence-electron chi connectivity index (χ0n) is 11.5. The first-order valence-electron chi connectivity index (χ1n) is 5.94. The van der Waals surface area contributed by atoms with Crippen molar-refractivity contribution in [1.29, 1.82) is 0 Å². The second-order valence-corrected chi connectivity index (χ2v) is 9.77. The molecule has 0 saturated carbocycles. The van der Waals surface area contributed by atoms with Gasteiger partial charge in [-0.05, 0) is 48.5 Å². The molecule has 112 valence electrons. The highest BCUT2D eigenvalue weighted by Gasteiger charge is 2.08. The summed E-state index contributed by atoms with van der Waals surface area (Å²) in [4.78, 5) is 2.32. The van der Waals surface area contributed by atoms with Gasteiger partial charge in [-0.1, -0.05) is 11.8 Å². The number of rotatable bonds is 4. The van der Waals surface area contributed by atoms with E-state index in [1.807, 2.05) is 0 Å². The summed E-state index contributed by atoms with van der Waals surface area (Å²) in [5.41, 5.74) is 0. The SMILES string of the molecule is CS(=O)(=O)c1ccc(Sc2ccc(S(C)(=O)=O)cc2)cc1. The Kier molecular flexibility index (Phi) is 4.46. The van der Waals surface area contributed by atoms with Crippen LogP contribution >= 0.6 is 11.8 Å². The molecule has 0 saturated heterocycles. The van der Waals surface area contributed by atoms with Gasteiger partial charge in [0.25, 0.3) is 0 Å². The van der Waals surface area contributed by atoms with E-state index in [0.29, 0.717) is 0 Å². The van der Waals surface area contributed by atoms with Crippen LogP contribution in [0.3, 0.4) is 0 Å². The van der Waals surface area contributed by atoms with Crippen molar-refractivity contribution in [3.05, 3.63) is 48.5 Å². The zero-order valence-corrected chi connectivity index (χ0v) is 13.9. The lowest BCUT2D eigenvalue weighted by Crippen LogP contribution is -1.96. The fourth-order valence-corrected chi connectivity index (χ4v) is 3.72. The van der Waals surface area contributed by atoms with Crippen molar-refractivity contribution >= 4 is 31.4 Å². The standard InChI is InChI=1S/C14H14O4S3/c1-20(15,16)13-7-3-11(4-8-13)19-12-5-9-14(10-6-12)21(2,17)18/h3-10H,1-2H3. The van der Waals surface area contributed by atoms with Crippen LogP contribution in [0.5, 0.6) is 0 Å². The highest BCUT2D eigenvalue weighted by atomic mass is 32.2. The molecule has 0 bridgehead atoms. The molecule has 0 aliphatic rings. The van der Waals surface area contributed by atoms with Crippen LogP contribution in [0.15, 0.2) is 68.1 Å². The molecule has 0 aromatic heterocycles. The first-order chi connectivity index (χ1) is 9.66. The quantitative estimate of drug-likeness (QED) is 0.854. The second-order valence-electron chi connectivity index (χ2n) is 4.59. The van der Waals surface area contributed by atoms with E-state index in [2.05, 4.69) is 0 Å². The van der Waals surface area contributed by atoms with Gasteiger partial charge >= 0.3 is 0 Å². The lowest BCUT2D eigenvalue weighted by Gasteiger charge is -2.04. The molecular formula is C14H14O4S3. The summed E-state index contributed by atoms with van der Waals surface area (Å²) in [6.45, 7) is 0. The van der Waals surface area contributed by atoms with Crippen LogP contribution in [0.1, 0.15) is 0 Å². The Morgan fingerprint density at radius 1 is 0.619 bits per heavy atom. The molecule has 0 amide bonds. The van der Waals surface area contributed by atoms with E-state index >= 15 is 0 Å². The smallest absolute Gasteiger partial charge is 0.175 e. The van der Waals surface area contributed by atoms with Crippen molar-refractivity contribution in [3.63, 3.8) is 0 Å². The summed E-state index contributed by atoms with van der Waals surface area (Å²) in [5.74, 6) is 0. The van der Waals surface area contributed by atoms with Gasteiger partial charge < -0.3 is 0 Å². The highest BCUT2D eigenvalue weighted by Crippen LogP contribution is 2.29. The van der Waals surface area contributed by atoms with Crippen LogP contribution in [0, 0.1) is 0 Å². The summed E-state index contributed by atoms with van der Waals surface area (Å²) >= 11 is 1.44. The largest absolute Gasteiger partial charge is 0.224 e. The summed E-state index contributed by atoms with van der Waals surface area (Å²) in [5, 5.41) is 0. The molecule has 0 N–H and O–H groups in total. The van der Waals surface area contributed by atoms with Gasteiger partial charge in [0.05, 0.1) is 9.79 Å². The molecule has 2 rings (SSSR count). The minimum Gasteiger partial charge on any atom is -0.224 e. The number of hydrogen-bond donors (Lipinski definition) is 0. The third-order valence-electron chi connectivity index (χ3n) is 2.74. The van der Waals surface area contributed by atoms with Gasteiger partial charge in [-0.3, -0.25) is 0 Å². The maximum atomic E-state index is 11.4. The maximum absolute atomic E-state index is 11.4. The van der Waals surface area contributed by atoms with E-state index in [1.165, 1.54) is 24.3 Å². The number of sulfone groups is 2. The molecular weight excluding hydrogens is 328 g/mol. The predicted octanol–water partition coefficient (Wildman–Crippen LogP) is 2.64. The molecule has 21 heavy (non-hydrogen) atoms. The predicted molar refractivity (Wildman–Crippen MR) is 83.2 cm³/mol. The molecule has 2 aromatic carbocycles. The maximum Gasteiger partial charge on any atom is 0.175 e. The molecule has 0 spiro atoms. The van der Waals surface area contributed by atoms with Crippen LogP contribution in [0.4, 0.5) is 0 Å². The van der Waals surface area contributed by atoms with E-state index in [0.717, 1.165) is 9.79 Å². The van der Waals surface area contributed by atoms with Crippen LogP contribution in [0.25, 0.3) is 0 Å². The molecule has 0 aliphatic carbocycles. The molecule has 0 aliphatic heterocycles. The summed E-state index contributed by atoms with van der Waals surface area (Å²) in [6, 6.07) is 13.1. The third kappa shape index (κ3) is 4.33. The topological polar surface area (TPSA) is 68.3 Å². The van der Waals surface area contributed by atoms with Gasteiger partial charge in [0.15, 0.2) is 19.7 Å². The van der Waals surface area contributed by atoms with Crippen molar-refractivity contribution in [3.8, 4) is 0 Å². The minimum absolute atomic E-state index is 0.277. The van der Waals surface area contributed by atoms with E-state index in [-0.39, 0.29) is 9.79 Å². The molecule has 2 aromatic rings. The van der Waals surface area contributed by atoms with Gasteiger partial charge in [0.1, 0.15) is 0 Å². The highest BCUT2D eigenvalue weighted by molar-refractivity contribution is 7.99. The Morgan fingerprint density at radius 3 is 1.14 bits per heavy atom. The first-order valence-corrected chi connectivity index (χ1v) is 10.5. The zero-order chi connectivity index (χ0) is 15.7. The summed E-state index contributed by atoms with van der Waals surface area (Å²) < 4.78 is 45.5. The fraction of sp³-hybridized carbons (Fsp3) is 0.143. The van der Waals surface area contributed by atoms with Crippen molar-refractivity contribution in [2.75, 3.05) is 12.5 Å². The van der Waals surface area contributed by atoms with Crippen LogP contribution in [-0.2, 0) is 19.7 Å². The molecule has 0 heterocycles. The third-order valence-corrected chi connectivity index (χ3v) is 6.01. The van der Waals surface area contributed by atoms with E-state index in [9.17, 15) is 16.8 Å². The van der Waals surface area contributed by atoms with Crippen LogP contribution in [0.2, 0.25) is 0 Å². The van der Waals surface area contributed by atoms with Crippen LogP contribution < -0.4 is 0 Å². The Labute approximate surface area is 129 Å². The Balaban J connectivity index is 2.19. The lowest BCUT2D eigenvalue weighted by molar-refractivity contribution is 0.600. The molecule has 0 radical (unpaired) electrons. The first kappa shape index (κ1) is 16.1. The van der Waals surface area contributed by atoms with Gasteiger partial charge in [-0.15, -0.1) is 0 Å². The van der Waals surface area contributed by atoms with Gasteiger partial charge in [0, 0.05) is 22.3 Å². The minimum atomic E-state index is -3.19. The summed E-state index contributed by atoms with van der Waals surface area (Å²) in [6.07, 6.45) is 2.33. The van der Waals surface area contributed by atoms with E-state index in [1.54, 1.807) is 48.5 Å². The molecule has 0 atom stereocenters. The number of hydrogen-bond acceptors (Lipinski definition) is 5. The fourth-order valence-electron chi connectivity index (χ4n) is 1.65. The lowest BCUT2D eigenvalue weighted by atomic mass is 10.4. The van der Waals surface area contributed by atoms with Crippen molar-refractivity contribution < 1.29 is 16.8 Å². The van der Waals surface area contributed by atoms with Gasteiger partial charge in [-0.25, -0.2) is 16.8 Å². The summed E-state index contributed by atoms with van der Waals surface area (Å²) in [7, 11) is -6.38. The van der Waals surface area contributed by atoms with Crippen molar-refractivity contribution in [1.82, 2.24) is 0 Å². The van der Waals surface area contributed by atoms with Crippen molar-refractivity contribution in [2.24, 2.45) is 0 Å². The Bertz CT molecular complexity index is 761. The Hall–Kier alpha value is -1.31. The second kappa shape index (κ2) is 5.82. The van der Waals surface area contributed by atoms with E-state index in [4.69, 9.17) is 0 Å². The number of benzene rings is 2. The molecule has 0 fully saturated rings. The normalized spacial score (nSPS) is 12.3. The van der Waals surface area contributed by atoms with Gasteiger partial charge in [-0.2, -0.15) is 0 Å². The molecule has 0 unspecified atom stereocenters. The van der Waals surface area contributed by atoms with Crippen LogP contribution in [-0.4, -0.2) is 29.3 Å². The molecule has 7 heteroatoms. The average molecular weight is 342 g/mol. The molecule has 4 nitrogen and oxygen atoms in total. The van der Waals surface area contributed by atoms with Gasteiger partial charge in [0.2, 0.25) is 0 Å². The monoisotopic (exact) mass is 342 g/mol.